The van der Waals surface area contributed by atoms with E-state index in [2.05, 4.69) is 144 Å². The molecular weight excluding hydrogens is 703 g/mol. The Bertz CT molecular complexity index is 2610. The maximum Gasteiger partial charge on any atom is 0.137 e. The normalized spacial score (nSPS) is 30.4. The molecule has 0 spiro atoms. The SMILES string of the molecule is c1ccc(-c2ccc(N(c3ccc(-c4cccc(C5C6CC7CC(C6)CC5C7)c4)c(C4C5CC6CC(C5)CC4C6)c3)c3ccc4c(c3)oc3ccccc34)cc2)cc1. The summed E-state index contributed by atoms with van der Waals surface area (Å²) in [7, 11) is 0. The standard InChI is InChI=1S/C56H53NO/c1-2-7-38(8-3-1)39-13-15-46(16-14-39)57(48-18-20-51-50-11-4-5-12-53(50)58-54(51)33-48)47-17-19-49(52(32-47)56-44-27-36-22-37(29-44)30-45(56)28-36)40-9-6-10-41(31-40)55-42-23-34-21-35(25-42)26-43(55)24-34/h1-20,31-37,42-45,55-56H,21-30H2. The molecule has 6 aromatic carbocycles. The second-order valence-electron chi connectivity index (χ2n) is 19.8. The predicted molar refractivity (Wildman–Crippen MR) is 239 cm³/mol. The molecule has 0 radical (unpaired) electrons. The number of anilines is 3. The molecule has 0 unspecified atom stereocenters. The first kappa shape index (κ1) is 33.8. The van der Waals surface area contributed by atoms with Gasteiger partial charge in [0.15, 0.2) is 0 Å². The third-order valence-corrected chi connectivity index (χ3v) is 16.5. The second kappa shape index (κ2) is 13.2. The van der Waals surface area contributed by atoms with Crippen molar-refractivity contribution in [3.05, 3.63) is 151 Å². The Balaban J connectivity index is 0.961. The number of benzene rings is 6. The molecule has 2 nitrogen and oxygen atoms in total. The molecular formula is C56H53NO. The van der Waals surface area contributed by atoms with Crippen LogP contribution in [0.5, 0.6) is 0 Å². The molecule has 0 atom stereocenters. The Morgan fingerprint density at radius 2 is 0.931 bits per heavy atom. The monoisotopic (exact) mass is 755 g/mol. The minimum absolute atomic E-state index is 0.618. The lowest BCUT2D eigenvalue weighted by Gasteiger charge is -2.55. The second-order valence-corrected chi connectivity index (χ2v) is 19.8. The van der Waals surface area contributed by atoms with Crippen LogP contribution in [0, 0.1) is 47.3 Å². The van der Waals surface area contributed by atoms with E-state index in [4.69, 9.17) is 4.42 Å². The number of para-hydroxylation sites is 1. The number of rotatable bonds is 7. The molecule has 8 aliphatic rings. The fourth-order valence-corrected chi connectivity index (χ4v) is 14.8. The third kappa shape index (κ3) is 5.50. The molecule has 8 aliphatic carbocycles. The van der Waals surface area contributed by atoms with Gasteiger partial charge in [-0.2, -0.15) is 0 Å². The van der Waals surface area contributed by atoms with Gasteiger partial charge in [-0.25, -0.2) is 0 Å². The Hall–Kier alpha value is -5.08. The third-order valence-electron chi connectivity index (χ3n) is 16.5. The van der Waals surface area contributed by atoms with Gasteiger partial charge in [0.1, 0.15) is 11.2 Å². The van der Waals surface area contributed by atoms with Crippen LogP contribution >= 0.6 is 0 Å². The molecule has 0 aliphatic heterocycles. The van der Waals surface area contributed by atoms with Crippen LogP contribution in [0.1, 0.15) is 87.2 Å². The first-order chi connectivity index (χ1) is 28.6. The Kier molecular flexibility index (Phi) is 7.71. The molecule has 1 heterocycles. The Morgan fingerprint density at radius 3 is 1.64 bits per heavy atom. The lowest BCUT2D eigenvalue weighted by Crippen LogP contribution is -2.44. The van der Waals surface area contributed by atoms with Crippen molar-refractivity contribution in [3.8, 4) is 22.3 Å². The predicted octanol–water partition coefficient (Wildman–Crippen LogP) is 15.5. The van der Waals surface area contributed by atoms with Gasteiger partial charge in [0.25, 0.3) is 0 Å². The van der Waals surface area contributed by atoms with Crippen molar-refractivity contribution in [2.24, 2.45) is 47.3 Å². The number of fused-ring (bicyclic) bond motifs is 3. The zero-order chi connectivity index (χ0) is 37.9. The Labute approximate surface area is 343 Å². The highest BCUT2D eigenvalue weighted by Gasteiger charge is 2.50. The molecule has 0 saturated heterocycles. The average molecular weight is 756 g/mol. The number of nitrogens with zero attached hydrogens (tertiary/aromatic N) is 1. The summed E-state index contributed by atoms with van der Waals surface area (Å²) in [5, 5.41) is 2.34. The van der Waals surface area contributed by atoms with Gasteiger partial charge >= 0.3 is 0 Å². The largest absolute Gasteiger partial charge is 0.456 e. The summed E-state index contributed by atoms with van der Waals surface area (Å²) in [5.74, 6) is 8.64. The van der Waals surface area contributed by atoms with Gasteiger partial charge in [0.05, 0.1) is 0 Å². The van der Waals surface area contributed by atoms with Crippen molar-refractivity contribution in [1.82, 2.24) is 0 Å². The van der Waals surface area contributed by atoms with E-state index in [0.717, 1.165) is 70.1 Å². The quantitative estimate of drug-likeness (QED) is 0.161. The fraction of sp³-hybridized carbons (Fsp3) is 0.357. The van der Waals surface area contributed by atoms with Crippen LogP contribution in [0.2, 0.25) is 0 Å². The van der Waals surface area contributed by atoms with E-state index >= 15 is 0 Å². The highest BCUT2D eigenvalue weighted by atomic mass is 16.3. The van der Waals surface area contributed by atoms with Gasteiger partial charge in [-0.1, -0.05) is 91.0 Å². The van der Waals surface area contributed by atoms with E-state index in [1.165, 1.54) is 109 Å². The van der Waals surface area contributed by atoms with Crippen molar-refractivity contribution in [2.45, 2.75) is 76.0 Å². The zero-order valence-electron chi connectivity index (χ0n) is 33.5. The van der Waals surface area contributed by atoms with Crippen LogP contribution in [-0.4, -0.2) is 0 Å². The highest BCUT2D eigenvalue weighted by Crippen LogP contribution is 2.62. The summed E-state index contributed by atoms with van der Waals surface area (Å²) in [4.78, 5) is 2.50. The summed E-state index contributed by atoms with van der Waals surface area (Å²) in [5.41, 5.74) is 14.1. The summed E-state index contributed by atoms with van der Waals surface area (Å²) in [6.45, 7) is 0. The topological polar surface area (TPSA) is 16.4 Å². The van der Waals surface area contributed by atoms with Crippen molar-refractivity contribution in [3.63, 3.8) is 0 Å². The molecule has 8 fully saturated rings. The molecule has 0 amide bonds. The minimum atomic E-state index is 0.618. The van der Waals surface area contributed by atoms with Crippen LogP contribution in [0.3, 0.4) is 0 Å². The molecule has 0 N–H and O–H groups in total. The van der Waals surface area contributed by atoms with Gasteiger partial charge in [0, 0.05) is 33.9 Å². The molecule has 8 saturated carbocycles. The fourth-order valence-electron chi connectivity index (χ4n) is 14.8. The molecule has 15 rings (SSSR count). The van der Waals surface area contributed by atoms with E-state index in [0.29, 0.717) is 5.92 Å². The van der Waals surface area contributed by atoms with Crippen molar-refractivity contribution in [1.29, 1.82) is 0 Å². The highest BCUT2D eigenvalue weighted by molar-refractivity contribution is 6.06. The number of furan rings is 1. The van der Waals surface area contributed by atoms with E-state index in [9.17, 15) is 0 Å². The summed E-state index contributed by atoms with van der Waals surface area (Å²) in [6.07, 6.45) is 14.6. The first-order valence-electron chi connectivity index (χ1n) is 22.8. The molecule has 58 heavy (non-hydrogen) atoms. The lowest BCUT2D eigenvalue weighted by atomic mass is 9.50. The molecule has 288 valence electrons. The molecule has 8 bridgehead atoms. The Morgan fingerprint density at radius 1 is 0.379 bits per heavy atom. The average Bonchev–Trinajstić information content (AvgIpc) is 3.62. The summed E-state index contributed by atoms with van der Waals surface area (Å²) < 4.78 is 6.52. The van der Waals surface area contributed by atoms with Crippen molar-refractivity contribution in [2.75, 3.05) is 4.90 Å². The molecule has 7 aromatic rings. The maximum absolute atomic E-state index is 6.52. The lowest BCUT2D eigenvalue weighted by molar-refractivity contribution is -0.00280. The van der Waals surface area contributed by atoms with Gasteiger partial charge < -0.3 is 9.32 Å². The van der Waals surface area contributed by atoms with Gasteiger partial charge in [-0.15, -0.1) is 0 Å². The van der Waals surface area contributed by atoms with Crippen LogP contribution in [0.15, 0.2) is 144 Å². The minimum Gasteiger partial charge on any atom is -0.456 e. The smallest absolute Gasteiger partial charge is 0.137 e. The molecule has 2 heteroatoms. The van der Waals surface area contributed by atoms with Crippen LogP contribution in [-0.2, 0) is 0 Å². The summed E-state index contributed by atoms with van der Waals surface area (Å²) >= 11 is 0. The van der Waals surface area contributed by atoms with Gasteiger partial charge in [-0.3, -0.25) is 0 Å². The van der Waals surface area contributed by atoms with Gasteiger partial charge in [-0.05, 0) is 199 Å². The van der Waals surface area contributed by atoms with Crippen LogP contribution in [0.4, 0.5) is 17.1 Å². The number of hydrogen-bond donors (Lipinski definition) is 0. The van der Waals surface area contributed by atoms with E-state index < -0.39 is 0 Å². The van der Waals surface area contributed by atoms with E-state index in [1.54, 1.807) is 11.1 Å². The summed E-state index contributed by atoms with van der Waals surface area (Å²) in [6, 6.07) is 52.9. The van der Waals surface area contributed by atoms with E-state index in [-0.39, 0.29) is 0 Å². The maximum atomic E-state index is 6.52. The molecule has 1 aromatic heterocycles. The van der Waals surface area contributed by atoms with Crippen molar-refractivity contribution >= 4 is 39.0 Å². The van der Waals surface area contributed by atoms with E-state index in [1.807, 2.05) is 0 Å². The van der Waals surface area contributed by atoms with Crippen LogP contribution in [0.25, 0.3) is 44.2 Å². The zero-order valence-corrected chi connectivity index (χ0v) is 33.5. The van der Waals surface area contributed by atoms with Crippen LogP contribution < -0.4 is 4.90 Å². The first-order valence-corrected chi connectivity index (χ1v) is 22.8. The van der Waals surface area contributed by atoms with Gasteiger partial charge in [0.2, 0.25) is 0 Å². The van der Waals surface area contributed by atoms with Crippen molar-refractivity contribution < 1.29 is 4.42 Å². The number of hydrogen-bond acceptors (Lipinski definition) is 2.